The third-order valence-corrected chi connectivity index (χ3v) is 5.02. The lowest BCUT2D eigenvalue weighted by Gasteiger charge is -2.23. The Hall–Kier alpha value is -3.03. The SMILES string of the molecule is O=c1c(-c2ccccc2)coc2cc(OCC#CCN3CCCCC3)ccc12. The van der Waals surface area contributed by atoms with Gasteiger partial charge in [-0.3, -0.25) is 9.69 Å². The van der Waals surface area contributed by atoms with Gasteiger partial charge in [0.2, 0.25) is 0 Å². The predicted molar refractivity (Wildman–Crippen MR) is 111 cm³/mol. The molecular weight excluding hydrogens is 350 g/mol. The van der Waals surface area contributed by atoms with Crippen molar-refractivity contribution in [2.75, 3.05) is 26.2 Å². The Morgan fingerprint density at radius 1 is 1.00 bits per heavy atom. The molecule has 4 rings (SSSR count). The third kappa shape index (κ3) is 4.27. The molecule has 142 valence electrons. The van der Waals surface area contributed by atoms with Crippen LogP contribution in [0.15, 0.2) is 64.0 Å². The van der Waals surface area contributed by atoms with E-state index in [2.05, 4.69) is 16.7 Å². The largest absolute Gasteiger partial charge is 0.481 e. The minimum absolute atomic E-state index is 0.0414. The molecule has 28 heavy (non-hydrogen) atoms. The van der Waals surface area contributed by atoms with E-state index in [9.17, 15) is 4.79 Å². The summed E-state index contributed by atoms with van der Waals surface area (Å²) in [5.41, 5.74) is 1.89. The smallest absolute Gasteiger partial charge is 0.200 e. The van der Waals surface area contributed by atoms with Crippen molar-refractivity contribution < 1.29 is 9.15 Å². The zero-order valence-electron chi connectivity index (χ0n) is 15.8. The van der Waals surface area contributed by atoms with E-state index in [1.165, 1.54) is 25.5 Å². The first-order valence-electron chi connectivity index (χ1n) is 9.73. The number of hydrogen-bond donors (Lipinski definition) is 0. The molecular formula is C24H23NO3. The van der Waals surface area contributed by atoms with Crippen LogP contribution in [0.4, 0.5) is 0 Å². The maximum absolute atomic E-state index is 12.8. The molecule has 1 saturated heterocycles. The maximum atomic E-state index is 12.8. The van der Waals surface area contributed by atoms with Crippen molar-refractivity contribution in [2.45, 2.75) is 19.3 Å². The molecule has 0 bridgehead atoms. The van der Waals surface area contributed by atoms with Crippen LogP contribution in [-0.4, -0.2) is 31.1 Å². The van der Waals surface area contributed by atoms with E-state index in [1.807, 2.05) is 30.3 Å². The van der Waals surface area contributed by atoms with Crippen molar-refractivity contribution in [3.8, 4) is 28.7 Å². The fraction of sp³-hybridized carbons (Fsp3) is 0.292. The van der Waals surface area contributed by atoms with Gasteiger partial charge in [-0.05, 0) is 43.6 Å². The van der Waals surface area contributed by atoms with Gasteiger partial charge in [-0.25, -0.2) is 0 Å². The second-order valence-corrected chi connectivity index (χ2v) is 6.98. The molecule has 3 aromatic rings. The van der Waals surface area contributed by atoms with Crippen LogP contribution in [0.5, 0.6) is 5.75 Å². The van der Waals surface area contributed by atoms with E-state index >= 15 is 0 Å². The van der Waals surface area contributed by atoms with E-state index in [4.69, 9.17) is 9.15 Å². The van der Waals surface area contributed by atoms with Gasteiger partial charge in [-0.2, -0.15) is 0 Å². The Morgan fingerprint density at radius 3 is 2.64 bits per heavy atom. The molecule has 0 saturated carbocycles. The number of hydrogen-bond acceptors (Lipinski definition) is 4. The number of rotatable bonds is 4. The van der Waals surface area contributed by atoms with Crippen molar-refractivity contribution >= 4 is 11.0 Å². The predicted octanol–water partition coefficient (Wildman–Crippen LogP) is 4.33. The number of fused-ring (bicyclic) bond motifs is 1. The molecule has 0 unspecified atom stereocenters. The first-order valence-corrected chi connectivity index (χ1v) is 9.73. The molecule has 0 atom stereocenters. The van der Waals surface area contributed by atoms with E-state index in [1.54, 1.807) is 18.2 Å². The molecule has 0 spiro atoms. The van der Waals surface area contributed by atoms with Gasteiger partial charge in [-0.1, -0.05) is 48.6 Å². The summed E-state index contributed by atoms with van der Waals surface area (Å²) in [4.78, 5) is 15.1. The molecule has 4 heteroatoms. The van der Waals surface area contributed by atoms with Gasteiger partial charge in [0.15, 0.2) is 5.43 Å². The second-order valence-electron chi connectivity index (χ2n) is 6.98. The van der Waals surface area contributed by atoms with Crippen LogP contribution in [0.1, 0.15) is 19.3 Å². The fourth-order valence-corrected chi connectivity index (χ4v) is 3.47. The van der Waals surface area contributed by atoms with E-state index in [0.29, 0.717) is 28.9 Å². The average molecular weight is 373 g/mol. The normalized spacial score (nSPS) is 14.4. The number of piperidine rings is 1. The van der Waals surface area contributed by atoms with Gasteiger partial charge in [0.1, 0.15) is 24.2 Å². The van der Waals surface area contributed by atoms with E-state index in [0.717, 1.165) is 25.2 Å². The molecule has 1 aliphatic rings. The van der Waals surface area contributed by atoms with Gasteiger partial charge >= 0.3 is 0 Å². The van der Waals surface area contributed by atoms with Gasteiger partial charge in [0.25, 0.3) is 0 Å². The van der Waals surface area contributed by atoms with Gasteiger partial charge in [0, 0.05) is 6.07 Å². The second kappa shape index (κ2) is 8.77. The topological polar surface area (TPSA) is 42.7 Å². The molecule has 1 aliphatic heterocycles. The first-order chi connectivity index (χ1) is 13.8. The molecule has 0 radical (unpaired) electrons. The number of likely N-dealkylation sites (tertiary alicyclic amines) is 1. The van der Waals surface area contributed by atoms with Crippen molar-refractivity contribution in [3.05, 3.63) is 65.0 Å². The highest BCUT2D eigenvalue weighted by Gasteiger charge is 2.10. The van der Waals surface area contributed by atoms with E-state index in [-0.39, 0.29) is 5.43 Å². The number of benzene rings is 2. The lowest BCUT2D eigenvalue weighted by Crippen LogP contribution is -2.29. The highest BCUT2D eigenvalue weighted by atomic mass is 16.5. The quantitative estimate of drug-likeness (QED) is 0.639. The van der Waals surface area contributed by atoms with Gasteiger partial charge in [-0.15, -0.1) is 0 Å². The summed E-state index contributed by atoms with van der Waals surface area (Å²) in [5, 5.41) is 0.546. The van der Waals surface area contributed by atoms with Gasteiger partial charge in [0.05, 0.1) is 17.5 Å². The van der Waals surface area contributed by atoms with Crippen molar-refractivity contribution in [1.82, 2.24) is 4.90 Å². The van der Waals surface area contributed by atoms with Crippen molar-refractivity contribution in [2.24, 2.45) is 0 Å². The number of nitrogens with zero attached hydrogens (tertiary/aromatic N) is 1. The maximum Gasteiger partial charge on any atom is 0.200 e. The molecule has 4 nitrogen and oxygen atoms in total. The summed E-state index contributed by atoms with van der Waals surface area (Å²) < 4.78 is 11.4. The fourth-order valence-electron chi connectivity index (χ4n) is 3.47. The summed E-state index contributed by atoms with van der Waals surface area (Å²) in [7, 11) is 0. The standard InChI is InChI=1S/C24H23NO3/c26-24-21-12-11-20(27-16-8-7-15-25-13-5-2-6-14-25)17-23(21)28-18-22(24)19-9-3-1-4-10-19/h1,3-4,9-12,17-18H,2,5-6,13-16H2. The molecule has 0 aliphatic carbocycles. The minimum atomic E-state index is -0.0414. The Bertz CT molecular complexity index is 1050. The van der Waals surface area contributed by atoms with Crippen LogP contribution in [0, 0.1) is 11.8 Å². The van der Waals surface area contributed by atoms with Crippen LogP contribution < -0.4 is 10.2 Å². The highest BCUT2D eigenvalue weighted by molar-refractivity contribution is 5.82. The molecule has 2 heterocycles. The zero-order chi connectivity index (χ0) is 19.2. The van der Waals surface area contributed by atoms with E-state index < -0.39 is 0 Å². The molecule has 0 amide bonds. The minimum Gasteiger partial charge on any atom is -0.481 e. The molecule has 1 fully saturated rings. The molecule has 1 aromatic heterocycles. The van der Waals surface area contributed by atoms with Crippen LogP contribution in [0.25, 0.3) is 22.1 Å². The average Bonchev–Trinajstić information content (AvgIpc) is 2.75. The summed E-state index contributed by atoms with van der Waals surface area (Å²) in [6.07, 6.45) is 5.39. The zero-order valence-corrected chi connectivity index (χ0v) is 15.8. The Morgan fingerprint density at radius 2 is 1.82 bits per heavy atom. The third-order valence-electron chi connectivity index (χ3n) is 5.02. The summed E-state index contributed by atoms with van der Waals surface area (Å²) in [5.74, 6) is 6.89. The Kier molecular flexibility index (Phi) is 5.75. The van der Waals surface area contributed by atoms with Crippen LogP contribution >= 0.6 is 0 Å². The Balaban J connectivity index is 1.43. The Labute approximate surface area is 164 Å². The lowest BCUT2D eigenvalue weighted by molar-refractivity contribution is 0.255. The van der Waals surface area contributed by atoms with Crippen molar-refractivity contribution in [1.29, 1.82) is 0 Å². The molecule has 2 aromatic carbocycles. The summed E-state index contributed by atoms with van der Waals surface area (Å²) in [6.45, 7) is 3.42. The van der Waals surface area contributed by atoms with Crippen molar-refractivity contribution in [3.63, 3.8) is 0 Å². The highest BCUT2D eigenvalue weighted by Crippen LogP contribution is 2.23. The summed E-state index contributed by atoms with van der Waals surface area (Å²) in [6, 6.07) is 14.8. The molecule has 0 N–H and O–H groups in total. The summed E-state index contributed by atoms with van der Waals surface area (Å²) >= 11 is 0. The lowest BCUT2D eigenvalue weighted by atomic mass is 10.1. The first kappa shape index (κ1) is 18.3. The van der Waals surface area contributed by atoms with Crippen LogP contribution in [0.3, 0.4) is 0 Å². The van der Waals surface area contributed by atoms with Crippen LogP contribution in [0.2, 0.25) is 0 Å². The van der Waals surface area contributed by atoms with Gasteiger partial charge < -0.3 is 9.15 Å². The van der Waals surface area contributed by atoms with Crippen LogP contribution in [-0.2, 0) is 0 Å². The number of ether oxygens (including phenoxy) is 1. The monoisotopic (exact) mass is 373 g/mol.